The molecule has 1 aliphatic rings. The predicted molar refractivity (Wildman–Crippen MR) is 43.8 cm³/mol. The van der Waals surface area contributed by atoms with Crippen LogP contribution in [-0.4, -0.2) is 24.9 Å². The molecule has 0 aromatic carbocycles. The van der Waals surface area contributed by atoms with E-state index in [1.807, 2.05) is 0 Å². The molecule has 3 atom stereocenters. The van der Waals surface area contributed by atoms with Crippen LogP contribution >= 0.6 is 0 Å². The van der Waals surface area contributed by atoms with Gasteiger partial charge >= 0.3 is 5.97 Å². The van der Waals surface area contributed by atoms with Crippen molar-refractivity contribution in [3.8, 4) is 0 Å². The summed E-state index contributed by atoms with van der Waals surface area (Å²) in [5.41, 5.74) is -0.963. The zero-order valence-corrected chi connectivity index (χ0v) is 7.85. The van der Waals surface area contributed by atoms with E-state index in [9.17, 15) is 13.6 Å². The standard InChI is InChI=1S/C9H14F2O2/c1-3-13-8(12)9(2)4-6(10)7(11)5-9/h6-7H,3-5H2,1-2H3/t6-,7+,9?/i10-1/m0/s1. The average Bonchev–Trinajstić information content (AvgIpc) is 2.28. The second-order valence-corrected chi connectivity index (χ2v) is 3.72. The van der Waals surface area contributed by atoms with Crippen LogP contribution in [0.5, 0.6) is 0 Å². The van der Waals surface area contributed by atoms with E-state index in [0.29, 0.717) is 0 Å². The van der Waals surface area contributed by atoms with Crippen LogP contribution in [0.4, 0.5) is 8.78 Å². The van der Waals surface area contributed by atoms with E-state index in [-0.39, 0.29) is 19.4 Å². The monoisotopic (exact) mass is 191 g/mol. The summed E-state index contributed by atoms with van der Waals surface area (Å²) in [7, 11) is 0. The van der Waals surface area contributed by atoms with Crippen molar-refractivity contribution in [2.24, 2.45) is 5.41 Å². The highest BCUT2D eigenvalue weighted by Gasteiger charge is 2.48. The van der Waals surface area contributed by atoms with E-state index in [2.05, 4.69) is 0 Å². The van der Waals surface area contributed by atoms with Crippen LogP contribution in [0.25, 0.3) is 0 Å². The Morgan fingerprint density at radius 2 is 1.92 bits per heavy atom. The molecule has 0 radical (unpaired) electrons. The number of hydrogen-bond donors (Lipinski definition) is 0. The molecule has 1 aliphatic carbocycles. The molecule has 13 heavy (non-hydrogen) atoms. The number of halogens is 2. The normalized spacial score (nSPS) is 39.1. The molecular weight excluding hydrogens is 177 g/mol. The summed E-state index contributed by atoms with van der Waals surface area (Å²) < 4.78 is 30.4. The fourth-order valence-corrected chi connectivity index (χ4v) is 1.67. The summed E-state index contributed by atoms with van der Waals surface area (Å²) in [5.74, 6) is -0.488. The molecule has 0 amide bonds. The Hall–Kier alpha value is -0.670. The van der Waals surface area contributed by atoms with Gasteiger partial charge in [-0.2, -0.15) is 0 Å². The van der Waals surface area contributed by atoms with Gasteiger partial charge in [0.25, 0.3) is 0 Å². The van der Waals surface area contributed by atoms with Crippen LogP contribution in [0.3, 0.4) is 0 Å². The van der Waals surface area contributed by atoms with Crippen molar-refractivity contribution in [2.75, 3.05) is 6.61 Å². The molecule has 1 fully saturated rings. The van der Waals surface area contributed by atoms with Crippen LogP contribution in [0.2, 0.25) is 0 Å². The maximum absolute atomic E-state index is 12.8. The summed E-state index contributed by atoms with van der Waals surface area (Å²) >= 11 is 0. The third-order valence-electron chi connectivity index (χ3n) is 2.45. The Labute approximate surface area is 76.3 Å². The highest BCUT2D eigenvalue weighted by molar-refractivity contribution is 5.77. The van der Waals surface area contributed by atoms with Gasteiger partial charge in [-0.15, -0.1) is 0 Å². The van der Waals surface area contributed by atoms with Crippen LogP contribution < -0.4 is 0 Å². The molecule has 1 rings (SSSR count). The second kappa shape index (κ2) is 3.60. The van der Waals surface area contributed by atoms with Gasteiger partial charge in [0.1, 0.15) is 12.3 Å². The number of ether oxygens (including phenoxy) is 1. The number of hydrogen-bond acceptors (Lipinski definition) is 2. The molecule has 0 saturated heterocycles. The SMILES string of the molecule is CCOC(=O)C1(C)C[C@@H](F)[C@@H]([18F])C1. The Balaban J connectivity index is 2.63. The first-order valence-electron chi connectivity index (χ1n) is 4.45. The number of rotatable bonds is 2. The quantitative estimate of drug-likeness (QED) is 0.624. The fourth-order valence-electron chi connectivity index (χ4n) is 1.67. The lowest BCUT2D eigenvalue weighted by atomic mass is 9.89. The van der Waals surface area contributed by atoms with Gasteiger partial charge < -0.3 is 4.74 Å². The van der Waals surface area contributed by atoms with Crippen LogP contribution in [-0.2, 0) is 9.53 Å². The molecule has 1 unspecified atom stereocenters. The van der Waals surface area contributed by atoms with Crippen molar-refractivity contribution in [3.05, 3.63) is 0 Å². The molecule has 76 valence electrons. The van der Waals surface area contributed by atoms with Crippen molar-refractivity contribution < 1.29 is 18.3 Å². The third-order valence-corrected chi connectivity index (χ3v) is 2.45. The van der Waals surface area contributed by atoms with Crippen LogP contribution in [0.15, 0.2) is 0 Å². The lowest BCUT2D eigenvalue weighted by Gasteiger charge is -2.19. The summed E-state index contributed by atoms with van der Waals surface area (Å²) in [5, 5.41) is 0. The van der Waals surface area contributed by atoms with Gasteiger partial charge in [0, 0.05) is 0 Å². The second-order valence-electron chi connectivity index (χ2n) is 3.72. The minimum atomic E-state index is -1.52. The van der Waals surface area contributed by atoms with Gasteiger partial charge in [-0.05, 0) is 26.7 Å². The fraction of sp³-hybridized carbons (Fsp3) is 0.889. The predicted octanol–water partition coefficient (Wildman–Crippen LogP) is 2.03. The number of carbonyl (C=O) groups is 1. The van der Waals surface area contributed by atoms with E-state index >= 15 is 0 Å². The zero-order valence-electron chi connectivity index (χ0n) is 7.85. The molecule has 0 aliphatic heterocycles. The largest absolute Gasteiger partial charge is 0.466 e. The Bertz CT molecular complexity index is 196. The number of esters is 1. The topological polar surface area (TPSA) is 26.3 Å². The Morgan fingerprint density at radius 3 is 2.31 bits per heavy atom. The highest BCUT2D eigenvalue weighted by Crippen LogP contribution is 2.41. The van der Waals surface area contributed by atoms with E-state index in [0.717, 1.165) is 0 Å². The van der Waals surface area contributed by atoms with Gasteiger partial charge in [0.05, 0.1) is 12.0 Å². The summed E-state index contributed by atoms with van der Waals surface area (Å²) in [4.78, 5) is 11.3. The first-order valence-corrected chi connectivity index (χ1v) is 4.45. The van der Waals surface area contributed by atoms with Gasteiger partial charge in [0.15, 0.2) is 0 Å². The molecular formula is C9H14F2O2. The minimum Gasteiger partial charge on any atom is -0.466 e. The smallest absolute Gasteiger partial charge is 0.311 e. The molecule has 0 aromatic rings. The van der Waals surface area contributed by atoms with Crippen LogP contribution in [0.1, 0.15) is 26.7 Å². The van der Waals surface area contributed by atoms with Crippen molar-refractivity contribution in [3.63, 3.8) is 0 Å². The van der Waals surface area contributed by atoms with Crippen molar-refractivity contribution in [1.82, 2.24) is 0 Å². The van der Waals surface area contributed by atoms with E-state index < -0.39 is 23.7 Å². The Kier molecular flexibility index (Phi) is 2.88. The van der Waals surface area contributed by atoms with E-state index in [1.54, 1.807) is 13.8 Å². The lowest BCUT2D eigenvalue weighted by molar-refractivity contribution is -0.154. The molecule has 4 heteroatoms. The summed E-state index contributed by atoms with van der Waals surface area (Å²) in [6.07, 6.45) is -3.16. The number of alkyl halides is 2. The first-order chi connectivity index (χ1) is 5.99. The van der Waals surface area contributed by atoms with Crippen molar-refractivity contribution in [2.45, 2.75) is 39.0 Å². The van der Waals surface area contributed by atoms with Gasteiger partial charge in [-0.3, -0.25) is 4.79 Å². The van der Waals surface area contributed by atoms with Crippen molar-refractivity contribution >= 4 is 5.97 Å². The van der Waals surface area contributed by atoms with Crippen molar-refractivity contribution in [1.29, 1.82) is 0 Å². The lowest BCUT2D eigenvalue weighted by Crippen LogP contribution is -2.27. The molecule has 0 aromatic heterocycles. The first kappa shape index (κ1) is 10.4. The maximum Gasteiger partial charge on any atom is 0.311 e. The molecule has 0 heterocycles. The van der Waals surface area contributed by atoms with Gasteiger partial charge in [0.2, 0.25) is 0 Å². The Morgan fingerprint density at radius 1 is 1.46 bits per heavy atom. The molecule has 0 spiro atoms. The van der Waals surface area contributed by atoms with E-state index in [4.69, 9.17) is 4.74 Å². The van der Waals surface area contributed by atoms with E-state index in [1.165, 1.54) is 0 Å². The van der Waals surface area contributed by atoms with Gasteiger partial charge in [-0.1, -0.05) is 0 Å². The summed E-state index contributed by atoms with van der Waals surface area (Å²) in [6.45, 7) is 3.48. The molecule has 0 bridgehead atoms. The van der Waals surface area contributed by atoms with Gasteiger partial charge in [-0.25, -0.2) is 8.78 Å². The van der Waals surface area contributed by atoms with Crippen LogP contribution in [0, 0.1) is 5.41 Å². The third kappa shape index (κ3) is 1.98. The summed E-state index contributed by atoms with van der Waals surface area (Å²) in [6, 6.07) is 0. The number of carbonyl (C=O) groups excluding carboxylic acids is 1. The molecule has 0 N–H and O–H groups in total. The maximum atomic E-state index is 12.8. The molecule has 2 nitrogen and oxygen atoms in total. The highest BCUT2D eigenvalue weighted by atomic mass is 19.1. The zero-order chi connectivity index (χ0) is 10.1. The minimum absolute atomic E-state index is 0.0625. The average molecular weight is 191 g/mol. The molecule has 1 saturated carbocycles.